The lowest BCUT2D eigenvalue weighted by molar-refractivity contribution is -0.279. The summed E-state index contributed by atoms with van der Waals surface area (Å²) in [5.74, 6) is -9.13. The van der Waals surface area contributed by atoms with E-state index in [0.29, 0.717) is 5.57 Å². The molecular weight excluding hydrogens is 704 g/mol. The zero-order valence-electron chi connectivity index (χ0n) is 31.2. The number of hydrogen-bond acceptors (Lipinski definition) is 17. The Morgan fingerprint density at radius 3 is 1.98 bits per heavy atom. The van der Waals surface area contributed by atoms with Gasteiger partial charge in [-0.2, -0.15) is 0 Å². The minimum Gasteiger partial charge on any atom is -0.459 e. The molecule has 0 aromatic heterocycles. The molecule has 11 atom stereocenters. The Kier molecular flexibility index (Phi) is 12.5. The van der Waals surface area contributed by atoms with Crippen LogP contribution >= 0.6 is 0 Å². The van der Waals surface area contributed by atoms with E-state index in [-0.39, 0.29) is 25.6 Å². The monoisotopic (exact) mass is 752 g/mol. The first-order valence-corrected chi connectivity index (χ1v) is 17.2. The van der Waals surface area contributed by atoms with Crippen molar-refractivity contribution in [2.45, 2.75) is 110 Å². The van der Waals surface area contributed by atoms with Crippen LogP contribution in [0.2, 0.25) is 0 Å². The lowest BCUT2D eigenvalue weighted by atomic mass is 9.51. The van der Waals surface area contributed by atoms with Gasteiger partial charge in [-0.25, -0.2) is 4.79 Å². The third kappa shape index (κ3) is 8.26. The van der Waals surface area contributed by atoms with Crippen molar-refractivity contribution in [3.8, 4) is 0 Å². The molecule has 1 N–H and O–H groups in total. The van der Waals surface area contributed by atoms with Crippen molar-refractivity contribution in [2.75, 3.05) is 26.9 Å². The second-order valence-corrected chi connectivity index (χ2v) is 14.4. The van der Waals surface area contributed by atoms with Crippen LogP contribution in [0, 0.1) is 23.2 Å². The van der Waals surface area contributed by atoms with Crippen LogP contribution < -0.4 is 0 Å². The standard InChI is InChI=1S/C36H48O17/c1-17(2)12-26(41)46-15-27(42)52-24-11-10-23(14-45-9)13-25-36(44,18(3)33(43)53-25)32(51-22(7)40)29-34(24,8)30(49-20(5)38)28(48-19(4)37)31(50-21(6)39)35(29)16-47-35/h10-11,13,17-18,24-25,28-32,44H,12,14-16H2,1-9H3/b11-10-,23-13+/t18-,24-,25-,28+,29+,30-,31+,32-,34+,35-,36-/m0/s1. The summed E-state index contributed by atoms with van der Waals surface area (Å²) in [7, 11) is 1.38. The van der Waals surface area contributed by atoms with Crippen LogP contribution in [0.3, 0.4) is 0 Å². The molecule has 0 amide bonds. The molecule has 17 heteroatoms. The van der Waals surface area contributed by atoms with Gasteiger partial charge >= 0.3 is 41.8 Å². The van der Waals surface area contributed by atoms with Crippen molar-refractivity contribution in [3.63, 3.8) is 0 Å². The summed E-state index contributed by atoms with van der Waals surface area (Å²) < 4.78 is 51.7. The first-order chi connectivity index (χ1) is 24.7. The fourth-order valence-corrected chi connectivity index (χ4v) is 7.80. The fourth-order valence-electron chi connectivity index (χ4n) is 7.80. The second-order valence-electron chi connectivity index (χ2n) is 14.4. The van der Waals surface area contributed by atoms with Gasteiger partial charge in [0, 0.05) is 47.1 Å². The Bertz CT molecular complexity index is 1540. The number of rotatable bonds is 11. The Labute approximate surface area is 306 Å². The van der Waals surface area contributed by atoms with Crippen LogP contribution in [0.15, 0.2) is 23.8 Å². The Morgan fingerprint density at radius 1 is 0.887 bits per heavy atom. The van der Waals surface area contributed by atoms with Crippen LogP contribution in [-0.2, 0) is 76.2 Å². The van der Waals surface area contributed by atoms with Crippen molar-refractivity contribution >= 4 is 41.8 Å². The number of aliphatic hydroxyl groups is 1. The van der Waals surface area contributed by atoms with Crippen molar-refractivity contribution in [3.05, 3.63) is 23.8 Å². The summed E-state index contributed by atoms with van der Waals surface area (Å²) in [6.45, 7) is 9.45. The molecule has 294 valence electrons. The molecule has 1 spiro atoms. The Morgan fingerprint density at radius 2 is 1.45 bits per heavy atom. The number of carbonyl (C=O) groups is 7. The average Bonchev–Trinajstić information content (AvgIpc) is 3.79. The lowest BCUT2D eigenvalue weighted by Gasteiger charge is -2.59. The number of hydrogen-bond donors (Lipinski definition) is 1. The molecule has 1 saturated carbocycles. The summed E-state index contributed by atoms with van der Waals surface area (Å²) in [4.78, 5) is 90.7. The highest BCUT2D eigenvalue weighted by Gasteiger charge is 2.81. The van der Waals surface area contributed by atoms with E-state index in [1.54, 1.807) is 13.8 Å². The molecule has 0 aromatic rings. The zero-order chi connectivity index (χ0) is 39.6. The van der Waals surface area contributed by atoms with E-state index >= 15 is 0 Å². The number of methoxy groups -OCH3 is 1. The molecule has 0 bridgehead atoms. The number of ether oxygens (including phenoxy) is 9. The molecule has 0 aromatic carbocycles. The van der Waals surface area contributed by atoms with Crippen LogP contribution in [0.1, 0.15) is 61.8 Å². The van der Waals surface area contributed by atoms with Gasteiger partial charge in [0.15, 0.2) is 36.6 Å². The predicted octanol–water partition coefficient (Wildman–Crippen LogP) is 1.05. The first-order valence-electron chi connectivity index (χ1n) is 17.2. The normalized spacial score (nSPS) is 37.4. The first kappa shape index (κ1) is 41.4. The van der Waals surface area contributed by atoms with Gasteiger partial charge in [0.1, 0.15) is 17.8 Å². The van der Waals surface area contributed by atoms with Gasteiger partial charge < -0.3 is 47.7 Å². The highest BCUT2D eigenvalue weighted by molar-refractivity contribution is 5.78. The molecule has 3 fully saturated rings. The van der Waals surface area contributed by atoms with E-state index in [4.69, 9.17) is 42.6 Å². The van der Waals surface area contributed by atoms with Crippen molar-refractivity contribution in [1.29, 1.82) is 0 Å². The SMILES string of the molecule is COCC1=C/[C@@H]2OC(=O)[C@H](C)[C@@]2(O)[C@@H](OC(C)=O)[C@H]2[C@@]3(CO3)[C@H](OC(C)=O)[C@H](OC(C)=O)[C@H](OC(C)=O)[C@]2(C)[C@@H](OC(=O)COC(=O)CC(C)C)/C=C\1. The summed E-state index contributed by atoms with van der Waals surface area (Å²) in [5.41, 5.74) is -5.87. The van der Waals surface area contributed by atoms with Gasteiger partial charge in [-0.1, -0.05) is 26.8 Å². The maximum atomic E-state index is 13.6. The lowest BCUT2D eigenvalue weighted by Crippen LogP contribution is -2.76. The quantitative estimate of drug-likeness (QED) is 0.177. The summed E-state index contributed by atoms with van der Waals surface area (Å²) >= 11 is 0. The number of epoxide rings is 1. The summed E-state index contributed by atoms with van der Waals surface area (Å²) in [6.07, 6.45) is -5.53. The molecular formula is C36H48O17. The van der Waals surface area contributed by atoms with E-state index in [1.165, 1.54) is 39.2 Å². The molecule has 0 radical (unpaired) electrons. The molecule has 2 aliphatic heterocycles. The van der Waals surface area contributed by atoms with Crippen molar-refractivity contribution in [2.24, 2.45) is 23.2 Å². The predicted molar refractivity (Wildman–Crippen MR) is 176 cm³/mol. The van der Waals surface area contributed by atoms with Gasteiger partial charge in [0.25, 0.3) is 0 Å². The number of carbonyl (C=O) groups excluding carboxylic acids is 7. The third-order valence-corrected chi connectivity index (χ3v) is 10.0. The topological polar surface area (TPSA) is 226 Å². The molecule has 53 heavy (non-hydrogen) atoms. The van der Waals surface area contributed by atoms with Gasteiger partial charge in [0.05, 0.1) is 24.5 Å². The van der Waals surface area contributed by atoms with Gasteiger partial charge in [-0.05, 0) is 30.6 Å². The zero-order valence-corrected chi connectivity index (χ0v) is 31.2. The molecule has 2 saturated heterocycles. The van der Waals surface area contributed by atoms with E-state index in [2.05, 4.69) is 0 Å². The highest BCUT2D eigenvalue weighted by Crippen LogP contribution is 2.63. The van der Waals surface area contributed by atoms with E-state index in [1.807, 2.05) is 0 Å². The summed E-state index contributed by atoms with van der Waals surface area (Å²) in [5, 5.41) is 12.9. The van der Waals surface area contributed by atoms with Crippen LogP contribution in [0.4, 0.5) is 0 Å². The molecule has 4 aliphatic rings. The van der Waals surface area contributed by atoms with Crippen molar-refractivity contribution in [1.82, 2.24) is 0 Å². The second kappa shape index (κ2) is 15.9. The molecule has 0 unspecified atom stereocenters. The third-order valence-electron chi connectivity index (χ3n) is 10.0. The number of esters is 7. The molecule has 4 rings (SSSR count). The Hall–Kier alpha value is -4.35. The maximum absolute atomic E-state index is 13.6. The van der Waals surface area contributed by atoms with E-state index < -0.39 is 113 Å². The molecule has 17 nitrogen and oxygen atoms in total. The van der Waals surface area contributed by atoms with Gasteiger partial charge in [0.2, 0.25) is 0 Å². The van der Waals surface area contributed by atoms with Gasteiger partial charge in [-0.3, -0.25) is 28.8 Å². The van der Waals surface area contributed by atoms with Crippen LogP contribution in [0.25, 0.3) is 0 Å². The van der Waals surface area contributed by atoms with Gasteiger partial charge in [-0.15, -0.1) is 0 Å². The Balaban J connectivity index is 2.09. The fraction of sp³-hybridized carbons (Fsp3) is 0.694. The molecule has 2 aliphatic carbocycles. The van der Waals surface area contributed by atoms with E-state index in [9.17, 15) is 38.7 Å². The largest absolute Gasteiger partial charge is 0.459 e. The minimum atomic E-state index is -2.41. The average molecular weight is 753 g/mol. The smallest absolute Gasteiger partial charge is 0.344 e. The maximum Gasteiger partial charge on any atom is 0.344 e. The van der Waals surface area contributed by atoms with E-state index in [0.717, 1.165) is 27.7 Å². The summed E-state index contributed by atoms with van der Waals surface area (Å²) in [6, 6.07) is 0. The number of fused-ring (bicyclic) bond motifs is 3. The minimum absolute atomic E-state index is 0.0142. The molecule has 2 heterocycles. The van der Waals surface area contributed by atoms with Crippen LogP contribution in [-0.4, -0.2) is 122 Å². The highest BCUT2D eigenvalue weighted by atomic mass is 16.7. The van der Waals surface area contributed by atoms with Crippen molar-refractivity contribution < 1.29 is 81.3 Å². The van der Waals surface area contributed by atoms with Crippen LogP contribution in [0.5, 0.6) is 0 Å².